The van der Waals surface area contributed by atoms with Crippen LogP contribution in [-0.2, 0) is 0 Å². The predicted molar refractivity (Wildman–Crippen MR) is 122 cm³/mol. The Labute approximate surface area is 181 Å². The lowest BCUT2D eigenvalue weighted by Crippen LogP contribution is -2.27. The summed E-state index contributed by atoms with van der Waals surface area (Å²) >= 11 is 0. The lowest BCUT2D eigenvalue weighted by atomic mass is 10.0. The third kappa shape index (κ3) is 3.20. The summed E-state index contributed by atoms with van der Waals surface area (Å²) in [5.41, 5.74) is 1.89. The maximum absolute atomic E-state index is 6.53. The first-order valence-corrected chi connectivity index (χ1v) is 11.5. The molecule has 0 aliphatic carbocycles. The molecule has 1 unspecified atom stereocenters. The van der Waals surface area contributed by atoms with Crippen molar-refractivity contribution in [3.8, 4) is 34.1 Å². The maximum atomic E-state index is 6.53. The molecule has 0 N–H and O–H groups in total. The van der Waals surface area contributed by atoms with Gasteiger partial charge in [-0.05, 0) is 22.7 Å². The monoisotopic (exact) mass is 426 g/mol. The average molecular weight is 426 g/mol. The largest absolute Gasteiger partial charge is 0.454 e. The molecule has 0 amide bonds. The molecule has 31 heavy (non-hydrogen) atoms. The SMILES string of the molecule is c1ccc(P(c2ccccc2)C2Oc3cccc(-c4cccc5c4OCO5)c3O2)cc1. The Kier molecular flexibility index (Phi) is 4.51. The van der Waals surface area contributed by atoms with Crippen LogP contribution in [0.25, 0.3) is 11.1 Å². The van der Waals surface area contributed by atoms with Crippen LogP contribution < -0.4 is 29.6 Å². The van der Waals surface area contributed by atoms with Crippen LogP contribution in [0.15, 0.2) is 97.1 Å². The summed E-state index contributed by atoms with van der Waals surface area (Å²) in [7, 11) is -0.885. The first-order valence-electron chi connectivity index (χ1n) is 10.1. The van der Waals surface area contributed by atoms with Gasteiger partial charge in [-0.25, -0.2) is 0 Å². The molecular formula is C26H19O4P. The highest BCUT2D eigenvalue weighted by Crippen LogP contribution is 2.53. The molecule has 0 bridgehead atoms. The summed E-state index contributed by atoms with van der Waals surface area (Å²) in [5.74, 6) is 2.99. The van der Waals surface area contributed by atoms with E-state index >= 15 is 0 Å². The molecular weight excluding hydrogens is 407 g/mol. The second-order valence-corrected chi connectivity index (χ2v) is 9.45. The molecule has 2 aliphatic rings. The summed E-state index contributed by atoms with van der Waals surface area (Å²) in [6.45, 7) is 0.231. The number of rotatable bonds is 4. The van der Waals surface area contributed by atoms with Gasteiger partial charge in [0.15, 0.2) is 23.0 Å². The number of para-hydroxylation sites is 2. The van der Waals surface area contributed by atoms with Crippen LogP contribution in [0.5, 0.6) is 23.0 Å². The van der Waals surface area contributed by atoms with Gasteiger partial charge in [-0.3, -0.25) is 0 Å². The zero-order valence-electron chi connectivity index (χ0n) is 16.6. The lowest BCUT2D eigenvalue weighted by Gasteiger charge is -2.23. The van der Waals surface area contributed by atoms with Crippen molar-refractivity contribution in [3.05, 3.63) is 97.1 Å². The van der Waals surface area contributed by atoms with Crippen molar-refractivity contribution in [2.45, 2.75) is 6.03 Å². The minimum Gasteiger partial charge on any atom is -0.454 e. The van der Waals surface area contributed by atoms with Gasteiger partial charge in [-0.1, -0.05) is 84.9 Å². The minimum atomic E-state index is -0.885. The van der Waals surface area contributed by atoms with Gasteiger partial charge in [-0.15, -0.1) is 0 Å². The van der Waals surface area contributed by atoms with E-state index in [1.807, 2.05) is 48.5 Å². The first kappa shape index (κ1) is 18.3. The van der Waals surface area contributed by atoms with Crippen molar-refractivity contribution in [2.75, 3.05) is 6.79 Å². The van der Waals surface area contributed by atoms with Crippen LogP contribution in [0.1, 0.15) is 0 Å². The van der Waals surface area contributed by atoms with E-state index in [0.717, 1.165) is 34.1 Å². The summed E-state index contributed by atoms with van der Waals surface area (Å²) in [5, 5.41) is 2.42. The number of hydrogen-bond acceptors (Lipinski definition) is 4. The Hall–Kier alpha value is -3.49. The quantitative estimate of drug-likeness (QED) is 0.417. The third-order valence-electron chi connectivity index (χ3n) is 5.39. The van der Waals surface area contributed by atoms with Crippen LogP contribution in [0.3, 0.4) is 0 Å². The zero-order valence-corrected chi connectivity index (χ0v) is 17.5. The molecule has 2 heterocycles. The van der Waals surface area contributed by atoms with Gasteiger partial charge < -0.3 is 18.9 Å². The normalized spacial score (nSPS) is 16.0. The van der Waals surface area contributed by atoms with Crippen LogP contribution in [-0.4, -0.2) is 12.8 Å². The van der Waals surface area contributed by atoms with E-state index in [0.29, 0.717) is 0 Å². The Bertz CT molecular complexity index is 1190. The standard InChI is InChI=1S/C26H19O4P/c1-3-9-18(10-4-1)31(19-11-5-2-6-12-19)26-29-23-16-8-14-21(25(23)30-26)20-13-7-15-22-24(20)28-17-27-22/h1-16,26H,17H2. The van der Waals surface area contributed by atoms with Crippen molar-refractivity contribution < 1.29 is 18.9 Å². The van der Waals surface area contributed by atoms with Crippen LogP contribution in [0.4, 0.5) is 0 Å². The molecule has 4 nitrogen and oxygen atoms in total. The average Bonchev–Trinajstić information content (AvgIpc) is 3.47. The van der Waals surface area contributed by atoms with Crippen LogP contribution in [0, 0.1) is 0 Å². The van der Waals surface area contributed by atoms with Crippen LogP contribution in [0.2, 0.25) is 0 Å². The Morgan fingerprint density at radius 1 is 0.548 bits per heavy atom. The molecule has 0 fully saturated rings. The highest BCUT2D eigenvalue weighted by atomic mass is 31.1. The Morgan fingerprint density at radius 2 is 1.16 bits per heavy atom. The third-order valence-corrected chi connectivity index (χ3v) is 7.73. The molecule has 6 rings (SSSR count). The smallest absolute Gasteiger partial charge is 0.266 e. The fourth-order valence-corrected chi connectivity index (χ4v) is 6.19. The number of benzene rings is 4. The van der Waals surface area contributed by atoms with E-state index in [9.17, 15) is 0 Å². The fraction of sp³-hybridized carbons (Fsp3) is 0.0769. The summed E-state index contributed by atoms with van der Waals surface area (Å²) < 4.78 is 24.2. The van der Waals surface area contributed by atoms with Gasteiger partial charge in [0, 0.05) is 19.0 Å². The summed E-state index contributed by atoms with van der Waals surface area (Å²) in [6, 6.07) is 32.4. The van der Waals surface area contributed by atoms with Crippen molar-refractivity contribution in [1.82, 2.24) is 0 Å². The molecule has 5 heteroatoms. The van der Waals surface area contributed by atoms with Gasteiger partial charge in [0.05, 0.1) is 0 Å². The molecule has 0 saturated carbocycles. The minimum absolute atomic E-state index is 0.231. The van der Waals surface area contributed by atoms with Crippen molar-refractivity contribution in [2.24, 2.45) is 0 Å². The predicted octanol–water partition coefficient (Wildman–Crippen LogP) is 5.27. The number of fused-ring (bicyclic) bond motifs is 2. The van der Waals surface area contributed by atoms with E-state index in [1.165, 1.54) is 10.6 Å². The molecule has 0 radical (unpaired) electrons. The van der Waals surface area contributed by atoms with Gasteiger partial charge >= 0.3 is 0 Å². The van der Waals surface area contributed by atoms with Gasteiger partial charge in [-0.2, -0.15) is 0 Å². The molecule has 2 aliphatic heterocycles. The molecule has 1 atom stereocenters. The van der Waals surface area contributed by atoms with Gasteiger partial charge in [0.2, 0.25) is 6.79 Å². The van der Waals surface area contributed by atoms with E-state index in [2.05, 4.69) is 48.5 Å². The summed E-state index contributed by atoms with van der Waals surface area (Å²) in [4.78, 5) is 0. The molecule has 4 aromatic carbocycles. The highest BCUT2D eigenvalue weighted by Gasteiger charge is 2.36. The van der Waals surface area contributed by atoms with Gasteiger partial charge in [0.1, 0.15) is 0 Å². The summed E-state index contributed by atoms with van der Waals surface area (Å²) in [6.07, 6.45) is 0. The van der Waals surface area contributed by atoms with E-state index in [1.54, 1.807) is 0 Å². The number of hydrogen-bond donors (Lipinski definition) is 0. The van der Waals surface area contributed by atoms with E-state index < -0.39 is 14.0 Å². The molecule has 0 aromatic heterocycles. The highest BCUT2D eigenvalue weighted by molar-refractivity contribution is 7.73. The topological polar surface area (TPSA) is 36.9 Å². The maximum Gasteiger partial charge on any atom is 0.266 e. The van der Waals surface area contributed by atoms with Crippen molar-refractivity contribution in [1.29, 1.82) is 0 Å². The van der Waals surface area contributed by atoms with Crippen molar-refractivity contribution >= 4 is 18.5 Å². The lowest BCUT2D eigenvalue weighted by molar-refractivity contribution is 0.132. The van der Waals surface area contributed by atoms with Crippen molar-refractivity contribution in [3.63, 3.8) is 0 Å². The fourth-order valence-electron chi connectivity index (χ4n) is 3.99. The molecule has 152 valence electrons. The molecule has 0 saturated heterocycles. The Morgan fingerprint density at radius 3 is 1.84 bits per heavy atom. The second kappa shape index (κ2) is 7.64. The van der Waals surface area contributed by atoms with E-state index in [4.69, 9.17) is 18.9 Å². The van der Waals surface area contributed by atoms with E-state index in [-0.39, 0.29) is 6.79 Å². The zero-order chi connectivity index (χ0) is 20.6. The first-order chi connectivity index (χ1) is 15.4. The van der Waals surface area contributed by atoms with Gasteiger partial charge in [0.25, 0.3) is 6.03 Å². The second-order valence-electron chi connectivity index (χ2n) is 7.26. The molecule has 0 spiro atoms. The Balaban J connectivity index is 1.42. The molecule has 4 aromatic rings. The number of ether oxygens (including phenoxy) is 4. The van der Waals surface area contributed by atoms with Crippen LogP contribution >= 0.6 is 7.92 Å².